The molecule has 0 saturated heterocycles. The third-order valence-electron chi connectivity index (χ3n) is 16.2. The smallest absolute Gasteiger partial charge is 0.297 e. The largest absolute Gasteiger partial charge is 0.468 e. The van der Waals surface area contributed by atoms with Gasteiger partial charge >= 0.3 is 0 Å². The van der Waals surface area contributed by atoms with E-state index in [2.05, 4.69) is 275 Å². The Kier molecular flexibility index (Phi) is 10.3. The van der Waals surface area contributed by atoms with Crippen LogP contribution in [0, 0.1) is 0 Å². The molecule has 0 saturated carbocycles. The van der Waals surface area contributed by atoms with Gasteiger partial charge in [-0.15, -0.1) is 0 Å². The van der Waals surface area contributed by atoms with Crippen molar-refractivity contribution in [1.29, 1.82) is 0 Å². The lowest BCUT2D eigenvalue weighted by molar-refractivity contribution is 0.332. The van der Waals surface area contributed by atoms with Crippen molar-refractivity contribution in [3.05, 3.63) is 229 Å². The average Bonchev–Trinajstić information content (AvgIpc) is 3.79. The molecule has 1 aromatic heterocycles. The molecule has 0 radical (unpaired) electrons. The molecule has 5 heteroatoms. The third kappa shape index (κ3) is 7.34. The van der Waals surface area contributed by atoms with Gasteiger partial charge in [-0.25, -0.2) is 0 Å². The van der Waals surface area contributed by atoms with Crippen molar-refractivity contribution in [3.8, 4) is 22.3 Å². The molecule has 0 fully saturated rings. The molecule has 0 N–H and O–H groups in total. The van der Waals surface area contributed by atoms with E-state index in [1.807, 2.05) is 0 Å². The van der Waals surface area contributed by atoms with Gasteiger partial charge < -0.3 is 19.1 Å². The predicted octanol–water partition coefficient (Wildman–Crippen LogP) is 17.0. The normalized spacial score (nSPS) is 15.1. The number of fused-ring (bicyclic) bond motifs is 7. The quantitative estimate of drug-likeness (QED) is 0.149. The van der Waals surface area contributed by atoms with Gasteiger partial charge in [-0.1, -0.05) is 188 Å². The maximum Gasteiger partial charge on any atom is 0.297 e. The summed E-state index contributed by atoms with van der Waals surface area (Å²) in [6.07, 6.45) is 2.28. The SMILES string of the molecule is CC(C)(C)c1ccc2oc3c(c2c1)N(c1ccc2c(c1)C(C)(C)CCC2(C)C)c1cc(N(c2ccccc2)c2ccccc2)cc2c1B3c1ccc(-c3ccccc3)cc1N2c1ccccc1-c1ccccc1. The van der Waals surface area contributed by atoms with Crippen molar-refractivity contribution in [2.75, 3.05) is 14.7 Å². The molecule has 0 unspecified atom stereocenters. The summed E-state index contributed by atoms with van der Waals surface area (Å²) >= 11 is 0. The second kappa shape index (κ2) is 16.8. The molecule has 13 rings (SSSR count). The predicted molar refractivity (Wildman–Crippen MR) is 310 cm³/mol. The van der Waals surface area contributed by atoms with E-state index in [1.54, 1.807) is 0 Å². The minimum absolute atomic E-state index is 0.00801. The van der Waals surface area contributed by atoms with Crippen molar-refractivity contribution >= 4 is 85.5 Å². The van der Waals surface area contributed by atoms with Crippen LogP contribution in [0.3, 0.4) is 0 Å². The van der Waals surface area contributed by atoms with Crippen LogP contribution in [-0.4, -0.2) is 6.71 Å². The van der Waals surface area contributed by atoms with Gasteiger partial charge in [0.25, 0.3) is 6.71 Å². The van der Waals surface area contributed by atoms with E-state index in [0.717, 1.165) is 97.3 Å². The van der Waals surface area contributed by atoms with Gasteiger partial charge in [0.05, 0.1) is 22.7 Å². The fourth-order valence-corrected chi connectivity index (χ4v) is 12.2. The van der Waals surface area contributed by atoms with Crippen LogP contribution >= 0.6 is 0 Å². The lowest BCUT2D eigenvalue weighted by Gasteiger charge is -2.45. The van der Waals surface area contributed by atoms with Crippen molar-refractivity contribution < 1.29 is 4.42 Å². The fourth-order valence-electron chi connectivity index (χ4n) is 12.2. The highest BCUT2D eigenvalue weighted by molar-refractivity contribution is 7.00. The molecule has 356 valence electrons. The second-order valence-electron chi connectivity index (χ2n) is 22.8. The highest BCUT2D eigenvalue weighted by atomic mass is 16.3. The van der Waals surface area contributed by atoms with Gasteiger partial charge in [0.15, 0.2) is 0 Å². The molecular weight excluding hydrogens is 886 g/mol. The number of hydrogen-bond donors (Lipinski definition) is 0. The van der Waals surface area contributed by atoms with E-state index in [-0.39, 0.29) is 23.0 Å². The van der Waals surface area contributed by atoms with Crippen LogP contribution < -0.4 is 31.3 Å². The molecule has 0 bridgehead atoms. The summed E-state index contributed by atoms with van der Waals surface area (Å²) in [5.41, 5.74) is 23.0. The Labute approximate surface area is 431 Å². The molecule has 4 nitrogen and oxygen atoms in total. The van der Waals surface area contributed by atoms with Crippen LogP contribution in [0.5, 0.6) is 0 Å². The van der Waals surface area contributed by atoms with Crippen LogP contribution in [-0.2, 0) is 16.2 Å². The maximum absolute atomic E-state index is 7.50. The van der Waals surface area contributed by atoms with Crippen molar-refractivity contribution in [2.24, 2.45) is 0 Å². The van der Waals surface area contributed by atoms with Gasteiger partial charge in [-0.3, -0.25) is 0 Å². The second-order valence-corrected chi connectivity index (χ2v) is 22.8. The Hall–Kier alpha value is -8.02. The molecule has 10 aromatic rings. The van der Waals surface area contributed by atoms with Gasteiger partial charge in [0.2, 0.25) is 0 Å². The van der Waals surface area contributed by atoms with E-state index in [0.29, 0.717) is 0 Å². The van der Waals surface area contributed by atoms with Crippen LogP contribution in [0.2, 0.25) is 0 Å². The standard InChI is InChI=1S/C68H60BN3O/c1-66(2,3)48-33-37-62-54(41-48)64-65(73-62)69-57-36-32-47(45-22-12-8-13-23-45)40-59(57)72(58-31-21-20-30-53(58)46-24-14-9-15-25-46)61-44-52(70(49-26-16-10-17-27-49)50-28-18-11-19-29-50)43-60(63(61)69)71(64)51-34-35-55-56(42-51)68(6,7)39-38-67(55,4)5/h8-37,40-44H,38-39H2,1-7H3. The molecule has 2 aliphatic heterocycles. The summed E-state index contributed by atoms with van der Waals surface area (Å²) in [4.78, 5) is 7.59. The number of anilines is 9. The molecule has 73 heavy (non-hydrogen) atoms. The average molecular weight is 946 g/mol. The Morgan fingerprint density at radius 3 is 1.73 bits per heavy atom. The zero-order valence-corrected chi connectivity index (χ0v) is 42.9. The molecule has 0 amide bonds. The number of para-hydroxylation sites is 3. The Balaban J connectivity index is 1.20. The number of hydrogen-bond acceptors (Lipinski definition) is 4. The molecule has 0 atom stereocenters. The fraction of sp³-hybridized carbons (Fsp3) is 0.176. The highest BCUT2D eigenvalue weighted by Crippen LogP contribution is 2.54. The summed E-state index contributed by atoms with van der Waals surface area (Å²) in [6.45, 7) is 16.4. The molecule has 0 spiro atoms. The van der Waals surface area contributed by atoms with E-state index < -0.39 is 0 Å². The lowest BCUT2D eigenvalue weighted by Crippen LogP contribution is -2.61. The first-order chi connectivity index (χ1) is 35.3. The summed E-state index contributed by atoms with van der Waals surface area (Å²) in [7, 11) is 0. The van der Waals surface area contributed by atoms with Crippen molar-refractivity contribution in [3.63, 3.8) is 0 Å². The maximum atomic E-state index is 7.50. The van der Waals surface area contributed by atoms with Crippen LogP contribution in [0.4, 0.5) is 51.2 Å². The van der Waals surface area contributed by atoms with E-state index in [4.69, 9.17) is 4.42 Å². The molecule has 1 aliphatic carbocycles. The van der Waals surface area contributed by atoms with Gasteiger partial charge in [0.1, 0.15) is 5.58 Å². The van der Waals surface area contributed by atoms with Crippen molar-refractivity contribution in [1.82, 2.24) is 0 Å². The zero-order valence-electron chi connectivity index (χ0n) is 42.9. The van der Waals surface area contributed by atoms with Crippen molar-refractivity contribution in [2.45, 2.75) is 77.6 Å². The molecule has 3 aliphatic rings. The first kappa shape index (κ1) is 44.9. The third-order valence-corrected chi connectivity index (χ3v) is 16.2. The topological polar surface area (TPSA) is 22.9 Å². The van der Waals surface area contributed by atoms with E-state index in [9.17, 15) is 0 Å². The first-order valence-electron chi connectivity index (χ1n) is 26.1. The van der Waals surface area contributed by atoms with Gasteiger partial charge in [-0.2, -0.15) is 0 Å². The summed E-state index contributed by atoms with van der Waals surface area (Å²) in [6, 6.07) is 78.7. The van der Waals surface area contributed by atoms with Crippen LogP contribution in [0.15, 0.2) is 217 Å². The number of nitrogens with zero attached hydrogens (tertiary/aromatic N) is 3. The molecule has 3 heterocycles. The Morgan fingerprint density at radius 2 is 1.07 bits per heavy atom. The summed E-state index contributed by atoms with van der Waals surface area (Å²) in [5.74, 6) is 0. The van der Waals surface area contributed by atoms with Crippen LogP contribution in [0.1, 0.15) is 78.0 Å². The minimum atomic E-state index is -0.231. The monoisotopic (exact) mass is 945 g/mol. The molecular formula is C68H60BN3O. The Morgan fingerprint density at radius 1 is 0.479 bits per heavy atom. The van der Waals surface area contributed by atoms with E-state index >= 15 is 0 Å². The number of rotatable bonds is 7. The van der Waals surface area contributed by atoms with Gasteiger partial charge in [-0.05, 0) is 146 Å². The highest BCUT2D eigenvalue weighted by Gasteiger charge is 2.48. The lowest BCUT2D eigenvalue weighted by atomic mass is 9.35. The first-order valence-corrected chi connectivity index (χ1v) is 26.1. The Bertz CT molecular complexity index is 3700. The van der Waals surface area contributed by atoms with Crippen LogP contribution in [0.25, 0.3) is 33.2 Å². The molecule has 9 aromatic carbocycles. The van der Waals surface area contributed by atoms with Gasteiger partial charge in [0, 0.05) is 45.1 Å². The number of benzene rings is 9. The van der Waals surface area contributed by atoms with E-state index in [1.165, 1.54) is 33.2 Å². The summed E-state index contributed by atoms with van der Waals surface area (Å²) in [5, 5.41) is 1.12. The minimum Gasteiger partial charge on any atom is -0.468 e. The number of furan rings is 1. The zero-order chi connectivity index (χ0) is 49.8. The summed E-state index contributed by atoms with van der Waals surface area (Å²) < 4.78 is 7.50.